The normalized spacial score (nSPS) is 21.1. The molecule has 0 saturated carbocycles. The van der Waals surface area contributed by atoms with Crippen molar-refractivity contribution in [3.63, 3.8) is 0 Å². The Balaban J connectivity index is 1.38. The highest BCUT2D eigenvalue weighted by atomic mass is 32.2. The van der Waals surface area contributed by atoms with Crippen molar-refractivity contribution >= 4 is 21.8 Å². The number of likely N-dealkylation sites (N-methyl/N-ethyl adjacent to an activating group) is 1. The summed E-state index contributed by atoms with van der Waals surface area (Å²) in [5.41, 5.74) is 0.414. The first kappa shape index (κ1) is 21.5. The summed E-state index contributed by atoms with van der Waals surface area (Å²) in [6.07, 6.45) is 6.69. The maximum Gasteiger partial charge on any atom is 0.246 e. The zero-order valence-corrected chi connectivity index (χ0v) is 18.5. The standard InChI is InChI=1S/C19H27N9O2S/c1-26-6-3-16(12-26)23-18-14(9-20)10-21-19(25-18)24-15-4-7-28(8-5-15)31(29,30)17-11-22-27(2)13-17/h10-11,13,15-16H,3-8,12H2,1-2H3,(H2,21,23,24,25)/t16-/m0/s1. The van der Waals surface area contributed by atoms with Gasteiger partial charge in [0, 0.05) is 45.0 Å². The third-order valence-corrected chi connectivity index (χ3v) is 7.60. The van der Waals surface area contributed by atoms with E-state index in [1.54, 1.807) is 7.05 Å². The molecular formula is C19H27N9O2S. The zero-order valence-electron chi connectivity index (χ0n) is 17.7. The van der Waals surface area contributed by atoms with Crippen LogP contribution < -0.4 is 10.6 Å². The highest BCUT2D eigenvalue weighted by Gasteiger charge is 2.30. The first-order chi connectivity index (χ1) is 14.8. The maximum absolute atomic E-state index is 12.8. The molecule has 2 saturated heterocycles. The Bertz CT molecular complexity index is 1070. The van der Waals surface area contributed by atoms with Crippen LogP contribution in [-0.4, -0.2) is 82.7 Å². The lowest BCUT2D eigenvalue weighted by Crippen LogP contribution is -2.42. The largest absolute Gasteiger partial charge is 0.365 e. The maximum atomic E-state index is 12.8. The van der Waals surface area contributed by atoms with Gasteiger partial charge in [0.05, 0.1) is 12.4 Å². The van der Waals surface area contributed by atoms with E-state index in [9.17, 15) is 13.7 Å². The van der Waals surface area contributed by atoms with Crippen LogP contribution in [0.25, 0.3) is 0 Å². The predicted molar refractivity (Wildman–Crippen MR) is 115 cm³/mol. The van der Waals surface area contributed by atoms with Crippen LogP contribution >= 0.6 is 0 Å². The number of sulfonamides is 1. The molecular weight excluding hydrogens is 418 g/mol. The molecule has 31 heavy (non-hydrogen) atoms. The van der Waals surface area contributed by atoms with Gasteiger partial charge in [0.25, 0.3) is 0 Å². The summed E-state index contributed by atoms with van der Waals surface area (Å²) in [6, 6.07) is 2.45. The fourth-order valence-electron chi connectivity index (χ4n) is 3.99. The minimum atomic E-state index is -3.53. The zero-order chi connectivity index (χ0) is 22.0. The van der Waals surface area contributed by atoms with E-state index < -0.39 is 10.0 Å². The van der Waals surface area contributed by atoms with E-state index in [-0.39, 0.29) is 17.0 Å². The van der Waals surface area contributed by atoms with Gasteiger partial charge in [0.1, 0.15) is 22.3 Å². The van der Waals surface area contributed by atoms with Crippen molar-refractivity contribution in [2.45, 2.75) is 36.2 Å². The van der Waals surface area contributed by atoms with E-state index in [0.717, 1.165) is 19.5 Å². The van der Waals surface area contributed by atoms with Crippen LogP contribution in [0.1, 0.15) is 24.8 Å². The van der Waals surface area contributed by atoms with Crippen molar-refractivity contribution in [2.75, 3.05) is 43.9 Å². The van der Waals surface area contributed by atoms with Crippen molar-refractivity contribution in [3.8, 4) is 6.07 Å². The number of nitrogens with one attached hydrogen (secondary N) is 2. The molecule has 12 heteroatoms. The number of anilines is 2. The Labute approximate surface area is 182 Å². The Morgan fingerprint density at radius 2 is 1.84 bits per heavy atom. The van der Waals surface area contributed by atoms with E-state index in [0.29, 0.717) is 43.3 Å². The number of hydrogen-bond donors (Lipinski definition) is 2. The van der Waals surface area contributed by atoms with Gasteiger partial charge in [-0.1, -0.05) is 0 Å². The van der Waals surface area contributed by atoms with Crippen molar-refractivity contribution in [2.24, 2.45) is 7.05 Å². The Kier molecular flexibility index (Phi) is 6.08. The topological polar surface area (TPSA) is 132 Å². The molecule has 4 heterocycles. The highest BCUT2D eigenvalue weighted by Crippen LogP contribution is 2.23. The molecule has 166 valence electrons. The Morgan fingerprint density at radius 1 is 1.10 bits per heavy atom. The molecule has 0 aliphatic carbocycles. The van der Waals surface area contributed by atoms with Crippen molar-refractivity contribution in [3.05, 3.63) is 24.2 Å². The quantitative estimate of drug-likeness (QED) is 0.651. The molecule has 0 spiro atoms. The SMILES string of the molecule is CN1CC[C@H](Nc2nc(NC3CCN(S(=O)(=O)c4cnn(C)c4)CC3)ncc2C#N)C1. The molecule has 4 rings (SSSR count). The molecule has 0 unspecified atom stereocenters. The molecule has 0 amide bonds. The molecule has 2 aliphatic rings. The minimum Gasteiger partial charge on any atom is -0.365 e. The second-order valence-electron chi connectivity index (χ2n) is 8.13. The van der Waals surface area contributed by atoms with E-state index in [1.165, 1.54) is 27.6 Å². The van der Waals surface area contributed by atoms with Gasteiger partial charge in [-0.05, 0) is 32.9 Å². The molecule has 2 fully saturated rings. The van der Waals surface area contributed by atoms with Gasteiger partial charge < -0.3 is 15.5 Å². The summed E-state index contributed by atoms with van der Waals surface area (Å²) in [5.74, 6) is 0.985. The number of piperidine rings is 1. The molecule has 2 aromatic rings. The Morgan fingerprint density at radius 3 is 2.45 bits per heavy atom. The van der Waals surface area contributed by atoms with Gasteiger partial charge in [-0.15, -0.1) is 0 Å². The highest BCUT2D eigenvalue weighted by molar-refractivity contribution is 7.89. The number of nitriles is 1. The molecule has 0 aromatic carbocycles. The second kappa shape index (κ2) is 8.78. The third kappa shape index (κ3) is 4.79. The van der Waals surface area contributed by atoms with Gasteiger partial charge in [0.15, 0.2) is 0 Å². The van der Waals surface area contributed by atoms with Crippen LogP contribution in [0.4, 0.5) is 11.8 Å². The summed E-state index contributed by atoms with van der Waals surface area (Å²) >= 11 is 0. The molecule has 2 N–H and O–H groups in total. The van der Waals surface area contributed by atoms with Crippen LogP contribution in [0.5, 0.6) is 0 Å². The summed E-state index contributed by atoms with van der Waals surface area (Å²) in [4.78, 5) is 11.2. The number of nitrogens with zero attached hydrogens (tertiary/aromatic N) is 7. The molecule has 1 atom stereocenters. The monoisotopic (exact) mass is 445 g/mol. The number of aromatic nitrogens is 4. The predicted octanol–water partition coefficient (Wildman–Crippen LogP) is 0.463. The molecule has 2 aromatic heterocycles. The second-order valence-corrected chi connectivity index (χ2v) is 10.1. The van der Waals surface area contributed by atoms with Crippen molar-refractivity contribution in [1.82, 2.24) is 29.0 Å². The Hall–Kier alpha value is -2.75. The van der Waals surface area contributed by atoms with Crippen LogP contribution in [0, 0.1) is 11.3 Å². The average Bonchev–Trinajstić information content (AvgIpc) is 3.37. The third-order valence-electron chi connectivity index (χ3n) is 5.75. The lowest BCUT2D eigenvalue weighted by atomic mass is 10.1. The van der Waals surface area contributed by atoms with Gasteiger partial charge in [0.2, 0.25) is 16.0 Å². The number of rotatable bonds is 6. The van der Waals surface area contributed by atoms with Gasteiger partial charge in [-0.25, -0.2) is 13.4 Å². The van der Waals surface area contributed by atoms with Crippen molar-refractivity contribution < 1.29 is 8.42 Å². The lowest BCUT2D eigenvalue weighted by Gasteiger charge is -2.31. The van der Waals surface area contributed by atoms with E-state index in [1.807, 2.05) is 0 Å². The van der Waals surface area contributed by atoms with Crippen LogP contribution in [-0.2, 0) is 17.1 Å². The average molecular weight is 446 g/mol. The van der Waals surface area contributed by atoms with Gasteiger partial charge in [-0.3, -0.25) is 4.68 Å². The molecule has 0 radical (unpaired) electrons. The summed E-state index contributed by atoms with van der Waals surface area (Å²) in [7, 11) is 0.235. The number of likely N-dealkylation sites (tertiary alicyclic amines) is 1. The van der Waals surface area contributed by atoms with Crippen molar-refractivity contribution in [1.29, 1.82) is 5.26 Å². The number of aryl methyl sites for hydroxylation is 1. The van der Waals surface area contributed by atoms with E-state index in [2.05, 4.69) is 43.7 Å². The van der Waals surface area contributed by atoms with Crippen LogP contribution in [0.3, 0.4) is 0 Å². The van der Waals surface area contributed by atoms with E-state index in [4.69, 9.17) is 0 Å². The fourth-order valence-corrected chi connectivity index (χ4v) is 5.45. The summed E-state index contributed by atoms with van der Waals surface area (Å²) < 4.78 is 28.5. The first-order valence-electron chi connectivity index (χ1n) is 10.3. The first-order valence-corrected chi connectivity index (χ1v) is 11.8. The molecule has 0 bridgehead atoms. The van der Waals surface area contributed by atoms with Crippen LogP contribution in [0.15, 0.2) is 23.5 Å². The fraction of sp³-hybridized carbons (Fsp3) is 0.579. The lowest BCUT2D eigenvalue weighted by molar-refractivity contribution is 0.329. The smallest absolute Gasteiger partial charge is 0.246 e. The van der Waals surface area contributed by atoms with Gasteiger partial charge in [-0.2, -0.15) is 19.6 Å². The van der Waals surface area contributed by atoms with E-state index >= 15 is 0 Å². The molecule has 11 nitrogen and oxygen atoms in total. The molecule has 2 aliphatic heterocycles. The number of hydrogen-bond acceptors (Lipinski definition) is 9. The minimum absolute atomic E-state index is 0.0544. The summed E-state index contributed by atoms with van der Waals surface area (Å²) in [5, 5.41) is 20.0. The van der Waals surface area contributed by atoms with Crippen LogP contribution in [0.2, 0.25) is 0 Å². The summed E-state index contributed by atoms with van der Waals surface area (Å²) in [6.45, 7) is 2.73. The van der Waals surface area contributed by atoms with Gasteiger partial charge >= 0.3 is 0 Å².